The van der Waals surface area contributed by atoms with Crippen molar-refractivity contribution in [1.29, 1.82) is 0 Å². The molecule has 1 N–H and O–H groups in total. The molecule has 0 saturated carbocycles. The van der Waals surface area contributed by atoms with Crippen molar-refractivity contribution in [3.63, 3.8) is 0 Å². The molecule has 1 atom stereocenters. The number of thiophene rings is 1. The lowest BCUT2D eigenvalue weighted by atomic mass is 10.1. The van der Waals surface area contributed by atoms with Crippen LogP contribution in [0.25, 0.3) is 20.2 Å². The SMILES string of the molecule is O=C(COC(=O)C1CCCN1C(=O)O)c1ccc2c(c1)sc1cc(Br)ccc12. The van der Waals surface area contributed by atoms with Crippen molar-refractivity contribution in [3.8, 4) is 0 Å². The molecule has 0 aliphatic carbocycles. The maximum Gasteiger partial charge on any atom is 0.408 e. The highest BCUT2D eigenvalue weighted by Gasteiger charge is 2.35. The summed E-state index contributed by atoms with van der Waals surface area (Å²) >= 11 is 5.06. The van der Waals surface area contributed by atoms with Gasteiger partial charge in [0.05, 0.1) is 0 Å². The zero-order chi connectivity index (χ0) is 19.8. The van der Waals surface area contributed by atoms with Crippen LogP contribution in [0.5, 0.6) is 0 Å². The molecule has 0 radical (unpaired) electrons. The van der Waals surface area contributed by atoms with E-state index in [-0.39, 0.29) is 5.78 Å². The van der Waals surface area contributed by atoms with E-state index in [1.165, 1.54) is 0 Å². The number of rotatable bonds is 4. The number of esters is 1. The van der Waals surface area contributed by atoms with Crippen molar-refractivity contribution < 1.29 is 24.2 Å². The molecule has 1 amide bonds. The zero-order valence-corrected chi connectivity index (χ0v) is 17.1. The third kappa shape index (κ3) is 3.49. The quantitative estimate of drug-likeness (QED) is 0.450. The maximum atomic E-state index is 12.5. The van der Waals surface area contributed by atoms with Gasteiger partial charge < -0.3 is 9.84 Å². The van der Waals surface area contributed by atoms with Gasteiger partial charge in [0.25, 0.3) is 0 Å². The monoisotopic (exact) mass is 461 g/mol. The number of ketones is 1. The lowest BCUT2D eigenvalue weighted by Crippen LogP contribution is -2.41. The molecule has 2 heterocycles. The van der Waals surface area contributed by atoms with Gasteiger partial charge in [0.1, 0.15) is 6.04 Å². The number of ether oxygens (including phenoxy) is 1. The smallest absolute Gasteiger partial charge is 0.408 e. The summed E-state index contributed by atoms with van der Waals surface area (Å²) < 4.78 is 8.22. The van der Waals surface area contributed by atoms with Crippen LogP contribution in [-0.4, -0.2) is 47.0 Å². The fourth-order valence-corrected chi connectivity index (χ4v) is 5.18. The Labute approximate surface area is 172 Å². The molecule has 1 aromatic heterocycles. The van der Waals surface area contributed by atoms with Crippen molar-refractivity contribution in [3.05, 3.63) is 46.4 Å². The Morgan fingerprint density at radius 3 is 2.61 bits per heavy atom. The predicted molar refractivity (Wildman–Crippen MR) is 110 cm³/mol. The van der Waals surface area contributed by atoms with Crippen molar-refractivity contribution in [2.24, 2.45) is 0 Å². The van der Waals surface area contributed by atoms with Crippen LogP contribution in [0.2, 0.25) is 0 Å². The molecule has 1 aliphatic heterocycles. The topological polar surface area (TPSA) is 83.9 Å². The first-order chi connectivity index (χ1) is 13.4. The summed E-state index contributed by atoms with van der Waals surface area (Å²) in [5.41, 5.74) is 0.465. The van der Waals surface area contributed by atoms with Gasteiger partial charge in [-0.2, -0.15) is 0 Å². The Morgan fingerprint density at radius 1 is 1.14 bits per heavy atom. The van der Waals surface area contributed by atoms with Crippen molar-refractivity contribution >= 4 is 65.3 Å². The van der Waals surface area contributed by atoms with Crippen LogP contribution in [-0.2, 0) is 9.53 Å². The van der Waals surface area contributed by atoms with Gasteiger partial charge in [-0.1, -0.05) is 34.1 Å². The second-order valence-electron chi connectivity index (χ2n) is 6.62. The molecule has 28 heavy (non-hydrogen) atoms. The number of hydrogen-bond donors (Lipinski definition) is 1. The molecule has 4 rings (SSSR count). The van der Waals surface area contributed by atoms with E-state index in [0.717, 1.165) is 29.5 Å². The lowest BCUT2D eigenvalue weighted by Gasteiger charge is -2.19. The highest BCUT2D eigenvalue weighted by molar-refractivity contribution is 9.10. The molecular weight excluding hydrogens is 446 g/mol. The first-order valence-electron chi connectivity index (χ1n) is 8.75. The summed E-state index contributed by atoms with van der Waals surface area (Å²) in [4.78, 5) is 36.9. The van der Waals surface area contributed by atoms with E-state index in [1.54, 1.807) is 17.4 Å². The van der Waals surface area contributed by atoms with E-state index in [1.807, 2.05) is 30.3 Å². The molecule has 144 valence electrons. The van der Waals surface area contributed by atoms with E-state index in [0.29, 0.717) is 24.9 Å². The van der Waals surface area contributed by atoms with E-state index in [2.05, 4.69) is 15.9 Å². The van der Waals surface area contributed by atoms with Crippen LogP contribution < -0.4 is 0 Å². The minimum atomic E-state index is -1.15. The molecule has 1 unspecified atom stereocenters. The second-order valence-corrected chi connectivity index (χ2v) is 8.62. The van der Waals surface area contributed by atoms with Gasteiger partial charge in [0.2, 0.25) is 0 Å². The van der Waals surface area contributed by atoms with E-state index in [9.17, 15) is 14.4 Å². The number of Topliss-reactive ketones (excluding diaryl/α,β-unsaturated/α-hetero) is 1. The molecule has 3 aromatic rings. The van der Waals surface area contributed by atoms with E-state index >= 15 is 0 Å². The molecule has 1 fully saturated rings. The zero-order valence-electron chi connectivity index (χ0n) is 14.7. The number of hydrogen-bond acceptors (Lipinski definition) is 5. The molecule has 0 spiro atoms. The number of carbonyl (C=O) groups excluding carboxylic acids is 2. The van der Waals surface area contributed by atoms with Gasteiger partial charge in [0.15, 0.2) is 12.4 Å². The second kappa shape index (κ2) is 7.52. The summed E-state index contributed by atoms with van der Waals surface area (Å²) in [5.74, 6) is -0.977. The van der Waals surface area contributed by atoms with Crippen molar-refractivity contribution in [2.45, 2.75) is 18.9 Å². The van der Waals surface area contributed by atoms with Gasteiger partial charge in [-0.15, -0.1) is 11.3 Å². The highest BCUT2D eigenvalue weighted by atomic mass is 79.9. The Morgan fingerprint density at radius 2 is 1.86 bits per heavy atom. The minimum Gasteiger partial charge on any atom is -0.465 e. The third-order valence-corrected chi connectivity index (χ3v) is 6.48. The summed E-state index contributed by atoms with van der Waals surface area (Å²) in [5, 5.41) is 11.3. The standard InChI is InChI=1S/C20H16BrNO5S/c21-12-4-6-14-13-5-3-11(8-17(13)28-18(14)9-12)16(23)10-27-19(24)15-2-1-7-22(15)20(25)26/h3-6,8-9,15H,1-2,7,10H2,(H,25,26). The number of carbonyl (C=O) groups is 3. The van der Waals surface area contributed by atoms with Gasteiger partial charge in [-0.05, 0) is 31.0 Å². The third-order valence-electron chi connectivity index (χ3n) is 4.87. The Balaban J connectivity index is 1.49. The highest BCUT2D eigenvalue weighted by Crippen LogP contribution is 2.35. The molecule has 0 bridgehead atoms. The van der Waals surface area contributed by atoms with Crippen LogP contribution in [0.15, 0.2) is 40.9 Å². The lowest BCUT2D eigenvalue weighted by molar-refractivity contribution is -0.147. The molecule has 8 heteroatoms. The predicted octanol–water partition coefficient (Wildman–Crippen LogP) is 4.69. The average molecular weight is 462 g/mol. The Hall–Kier alpha value is -2.45. The van der Waals surface area contributed by atoms with Crippen LogP contribution in [0.3, 0.4) is 0 Å². The molecule has 2 aromatic carbocycles. The van der Waals surface area contributed by atoms with E-state index < -0.39 is 24.7 Å². The number of benzene rings is 2. The van der Waals surface area contributed by atoms with Crippen LogP contribution in [0, 0.1) is 0 Å². The first kappa shape index (κ1) is 18.9. The normalized spacial score (nSPS) is 16.6. The van der Waals surface area contributed by atoms with Crippen molar-refractivity contribution in [2.75, 3.05) is 13.2 Å². The summed E-state index contributed by atoms with van der Waals surface area (Å²) in [6.07, 6.45) is -0.117. The Kier molecular flexibility index (Phi) is 5.07. The largest absolute Gasteiger partial charge is 0.465 e. The number of likely N-dealkylation sites (tertiary alicyclic amines) is 1. The average Bonchev–Trinajstić information content (AvgIpc) is 3.29. The van der Waals surface area contributed by atoms with E-state index in [4.69, 9.17) is 9.84 Å². The summed E-state index contributed by atoms with van der Waals surface area (Å²) in [6.45, 7) is -0.0908. The van der Waals surface area contributed by atoms with Gasteiger partial charge in [-0.3, -0.25) is 9.69 Å². The molecular formula is C20H16BrNO5S. The van der Waals surface area contributed by atoms with Crippen LogP contribution >= 0.6 is 27.3 Å². The van der Waals surface area contributed by atoms with Crippen LogP contribution in [0.1, 0.15) is 23.2 Å². The summed E-state index contributed by atoms with van der Waals surface area (Å²) in [6, 6.07) is 10.7. The molecule has 1 aliphatic rings. The maximum absolute atomic E-state index is 12.5. The molecule has 6 nitrogen and oxygen atoms in total. The first-order valence-corrected chi connectivity index (χ1v) is 10.4. The molecule has 1 saturated heterocycles. The number of halogens is 1. The number of amides is 1. The number of carboxylic acid groups (broad SMARTS) is 1. The summed E-state index contributed by atoms with van der Waals surface area (Å²) in [7, 11) is 0. The Bertz CT molecular complexity index is 1110. The fourth-order valence-electron chi connectivity index (χ4n) is 3.48. The number of nitrogens with zero attached hydrogens (tertiary/aromatic N) is 1. The van der Waals surface area contributed by atoms with Crippen molar-refractivity contribution in [1.82, 2.24) is 4.90 Å². The van der Waals surface area contributed by atoms with Gasteiger partial charge in [-0.25, -0.2) is 9.59 Å². The van der Waals surface area contributed by atoms with Crippen LogP contribution in [0.4, 0.5) is 4.79 Å². The number of fused-ring (bicyclic) bond motifs is 3. The van der Waals surface area contributed by atoms with Gasteiger partial charge in [0, 0.05) is 36.8 Å². The fraction of sp³-hybridized carbons (Fsp3) is 0.250. The minimum absolute atomic E-state index is 0.307. The van der Waals surface area contributed by atoms with Gasteiger partial charge >= 0.3 is 12.1 Å².